The monoisotopic (exact) mass is 338 g/mol. The summed E-state index contributed by atoms with van der Waals surface area (Å²) in [5.41, 5.74) is 1.51. The molecule has 0 fully saturated rings. The van der Waals surface area contributed by atoms with E-state index in [-0.39, 0.29) is 12.5 Å². The van der Waals surface area contributed by atoms with Crippen LogP contribution < -0.4 is 5.32 Å². The van der Waals surface area contributed by atoms with Gasteiger partial charge in [0, 0.05) is 17.1 Å². The van der Waals surface area contributed by atoms with E-state index in [2.05, 4.69) is 10.3 Å². The van der Waals surface area contributed by atoms with Crippen LogP contribution in [0.5, 0.6) is 0 Å². The zero-order chi connectivity index (χ0) is 16.3. The van der Waals surface area contributed by atoms with Crippen molar-refractivity contribution in [3.05, 3.63) is 39.9 Å². The summed E-state index contributed by atoms with van der Waals surface area (Å²) in [6.45, 7) is 3.38. The molecule has 5 nitrogen and oxygen atoms in total. The van der Waals surface area contributed by atoms with Gasteiger partial charge in [0.25, 0.3) is 5.91 Å². The molecule has 0 spiro atoms. The maximum absolute atomic E-state index is 12.1. The van der Waals surface area contributed by atoms with Gasteiger partial charge in [-0.25, -0.2) is 4.98 Å². The number of aryl methyl sites for hydroxylation is 1. The van der Waals surface area contributed by atoms with Crippen LogP contribution in [0.15, 0.2) is 24.3 Å². The molecule has 1 atom stereocenters. The van der Waals surface area contributed by atoms with Crippen LogP contribution >= 0.6 is 22.9 Å². The van der Waals surface area contributed by atoms with Crippen molar-refractivity contribution in [1.29, 1.82) is 0 Å². The van der Waals surface area contributed by atoms with Crippen LogP contribution in [0.2, 0.25) is 5.02 Å². The van der Waals surface area contributed by atoms with Gasteiger partial charge in [-0.15, -0.1) is 11.3 Å². The standard InChI is InChI=1S/C15H15ClN2O3S/c1-8(15(20)21)7-17-13(19)12-9(2)18-14(22-12)10-3-5-11(16)6-4-10/h3-6,8H,7H2,1-2H3,(H,17,19)(H,20,21). The molecule has 116 valence electrons. The molecule has 2 aromatic rings. The zero-order valence-corrected chi connectivity index (χ0v) is 13.7. The number of carboxylic acids is 1. The first kappa shape index (κ1) is 16.5. The van der Waals surface area contributed by atoms with Crippen LogP contribution in [-0.4, -0.2) is 28.5 Å². The van der Waals surface area contributed by atoms with Crippen molar-refractivity contribution in [2.45, 2.75) is 13.8 Å². The first-order chi connectivity index (χ1) is 10.4. The minimum atomic E-state index is -0.942. The van der Waals surface area contributed by atoms with E-state index in [0.717, 1.165) is 10.6 Å². The van der Waals surface area contributed by atoms with E-state index in [1.165, 1.54) is 11.3 Å². The van der Waals surface area contributed by atoms with Gasteiger partial charge in [-0.3, -0.25) is 9.59 Å². The lowest BCUT2D eigenvalue weighted by Gasteiger charge is -2.07. The van der Waals surface area contributed by atoms with Crippen molar-refractivity contribution in [3.63, 3.8) is 0 Å². The van der Waals surface area contributed by atoms with Gasteiger partial charge in [0.15, 0.2) is 0 Å². The Morgan fingerprint density at radius 2 is 2.00 bits per heavy atom. The van der Waals surface area contributed by atoms with Crippen molar-refractivity contribution < 1.29 is 14.7 Å². The summed E-state index contributed by atoms with van der Waals surface area (Å²) in [5.74, 6) is -1.88. The van der Waals surface area contributed by atoms with Crippen molar-refractivity contribution in [3.8, 4) is 10.6 Å². The molecule has 1 aromatic carbocycles. The molecule has 0 saturated heterocycles. The molecule has 0 saturated carbocycles. The molecule has 2 N–H and O–H groups in total. The molecule has 7 heteroatoms. The Kier molecular flexibility index (Phi) is 5.15. The normalized spacial score (nSPS) is 12.0. The lowest BCUT2D eigenvalue weighted by atomic mass is 10.2. The van der Waals surface area contributed by atoms with Gasteiger partial charge in [-0.05, 0) is 19.1 Å². The van der Waals surface area contributed by atoms with Crippen LogP contribution in [0.4, 0.5) is 0 Å². The predicted octanol–water partition coefficient (Wildman–Crippen LogP) is 3.22. The molecule has 1 amide bonds. The third kappa shape index (κ3) is 3.84. The van der Waals surface area contributed by atoms with E-state index < -0.39 is 11.9 Å². The smallest absolute Gasteiger partial charge is 0.308 e. The molecule has 0 radical (unpaired) electrons. The van der Waals surface area contributed by atoms with Gasteiger partial charge in [-0.2, -0.15) is 0 Å². The minimum Gasteiger partial charge on any atom is -0.481 e. The number of carbonyl (C=O) groups is 2. The molecule has 1 heterocycles. The molecule has 0 aliphatic carbocycles. The van der Waals surface area contributed by atoms with E-state index in [9.17, 15) is 9.59 Å². The predicted molar refractivity (Wildman–Crippen MR) is 86.4 cm³/mol. The first-order valence-corrected chi connectivity index (χ1v) is 7.82. The summed E-state index contributed by atoms with van der Waals surface area (Å²) in [7, 11) is 0. The lowest BCUT2D eigenvalue weighted by Crippen LogP contribution is -2.31. The third-order valence-corrected chi connectivity index (χ3v) is 4.54. The number of hydrogen-bond donors (Lipinski definition) is 2. The summed E-state index contributed by atoms with van der Waals surface area (Å²) < 4.78 is 0. The number of carboxylic acid groups (broad SMARTS) is 1. The third-order valence-electron chi connectivity index (χ3n) is 3.08. The second kappa shape index (κ2) is 6.89. The number of aromatic nitrogens is 1. The van der Waals surface area contributed by atoms with Crippen molar-refractivity contribution in [2.75, 3.05) is 6.54 Å². The fourth-order valence-electron chi connectivity index (χ4n) is 1.74. The van der Waals surface area contributed by atoms with Crippen LogP contribution in [0.25, 0.3) is 10.6 Å². The average Bonchev–Trinajstić information content (AvgIpc) is 2.87. The van der Waals surface area contributed by atoms with Gasteiger partial charge >= 0.3 is 5.97 Å². The number of carbonyl (C=O) groups excluding carboxylic acids is 1. The van der Waals surface area contributed by atoms with E-state index in [1.54, 1.807) is 26.0 Å². The molecular formula is C15H15ClN2O3S. The Morgan fingerprint density at radius 1 is 1.36 bits per heavy atom. The van der Waals surface area contributed by atoms with E-state index >= 15 is 0 Å². The summed E-state index contributed by atoms with van der Waals surface area (Å²) in [6, 6.07) is 7.22. The highest BCUT2D eigenvalue weighted by atomic mass is 35.5. The van der Waals surface area contributed by atoms with E-state index in [4.69, 9.17) is 16.7 Å². The quantitative estimate of drug-likeness (QED) is 0.877. The van der Waals surface area contributed by atoms with Crippen molar-refractivity contribution in [1.82, 2.24) is 10.3 Å². The summed E-state index contributed by atoms with van der Waals surface area (Å²) >= 11 is 7.13. The minimum absolute atomic E-state index is 0.0851. The Hall–Kier alpha value is -1.92. The number of amides is 1. The fourth-order valence-corrected chi connectivity index (χ4v) is 2.85. The first-order valence-electron chi connectivity index (χ1n) is 6.63. The number of rotatable bonds is 5. The maximum Gasteiger partial charge on any atom is 0.308 e. The van der Waals surface area contributed by atoms with Crippen LogP contribution in [0.1, 0.15) is 22.3 Å². The Labute approximate surface area is 137 Å². The van der Waals surface area contributed by atoms with Gasteiger partial charge < -0.3 is 10.4 Å². The fraction of sp³-hybridized carbons (Fsp3) is 0.267. The number of benzene rings is 1. The summed E-state index contributed by atoms with van der Waals surface area (Å²) in [4.78, 5) is 27.8. The van der Waals surface area contributed by atoms with Crippen LogP contribution in [0, 0.1) is 12.8 Å². The van der Waals surface area contributed by atoms with E-state index in [1.807, 2.05) is 12.1 Å². The SMILES string of the molecule is Cc1nc(-c2ccc(Cl)cc2)sc1C(=O)NCC(C)C(=O)O. The number of thiazole rings is 1. The molecule has 1 unspecified atom stereocenters. The highest BCUT2D eigenvalue weighted by Crippen LogP contribution is 2.28. The van der Waals surface area contributed by atoms with Crippen molar-refractivity contribution >= 4 is 34.8 Å². The number of halogens is 1. The van der Waals surface area contributed by atoms with Gasteiger partial charge in [-0.1, -0.05) is 30.7 Å². The van der Waals surface area contributed by atoms with E-state index in [0.29, 0.717) is 15.6 Å². The molecule has 0 aliphatic rings. The van der Waals surface area contributed by atoms with Crippen molar-refractivity contribution in [2.24, 2.45) is 5.92 Å². The zero-order valence-electron chi connectivity index (χ0n) is 12.1. The highest BCUT2D eigenvalue weighted by molar-refractivity contribution is 7.17. The number of aliphatic carboxylic acids is 1. The second-order valence-electron chi connectivity index (χ2n) is 4.89. The second-order valence-corrected chi connectivity index (χ2v) is 6.33. The van der Waals surface area contributed by atoms with Gasteiger partial charge in [0.1, 0.15) is 9.88 Å². The lowest BCUT2D eigenvalue weighted by molar-refractivity contribution is -0.140. The Balaban J connectivity index is 2.14. The van der Waals surface area contributed by atoms with Gasteiger partial charge in [0.2, 0.25) is 0 Å². The van der Waals surface area contributed by atoms with Crippen LogP contribution in [-0.2, 0) is 4.79 Å². The maximum atomic E-state index is 12.1. The Bertz CT molecular complexity index is 697. The van der Waals surface area contributed by atoms with Crippen LogP contribution in [0.3, 0.4) is 0 Å². The number of hydrogen-bond acceptors (Lipinski definition) is 4. The summed E-state index contributed by atoms with van der Waals surface area (Å²) in [5, 5.41) is 12.8. The van der Waals surface area contributed by atoms with Gasteiger partial charge in [0.05, 0.1) is 11.6 Å². The largest absolute Gasteiger partial charge is 0.481 e. The molecule has 0 aliphatic heterocycles. The number of nitrogens with zero attached hydrogens (tertiary/aromatic N) is 1. The topological polar surface area (TPSA) is 79.3 Å². The molecule has 1 aromatic heterocycles. The molecular weight excluding hydrogens is 324 g/mol. The average molecular weight is 339 g/mol. The molecule has 0 bridgehead atoms. The Morgan fingerprint density at radius 3 is 2.59 bits per heavy atom. The highest BCUT2D eigenvalue weighted by Gasteiger charge is 2.18. The molecule has 22 heavy (non-hydrogen) atoms. The number of nitrogens with one attached hydrogen (secondary N) is 1. The summed E-state index contributed by atoms with van der Waals surface area (Å²) in [6.07, 6.45) is 0. The molecule has 2 rings (SSSR count).